The molecule has 3 aliphatic rings. The molecule has 1 saturated heterocycles. The van der Waals surface area contributed by atoms with Crippen LogP contribution in [0.1, 0.15) is 27.6 Å². The molecule has 8 nitrogen and oxygen atoms in total. The van der Waals surface area contributed by atoms with Crippen LogP contribution in [0.5, 0.6) is 5.75 Å². The van der Waals surface area contributed by atoms with E-state index in [1.54, 1.807) is 6.07 Å². The fourth-order valence-electron chi connectivity index (χ4n) is 5.57. The summed E-state index contributed by atoms with van der Waals surface area (Å²) >= 11 is 0. The van der Waals surface area contributed by atoms with Crippen molar-refractivity contribution in [2.24, 2.45) is 0 Å². The summed E-state index contributed by atoms with van der Waals surface area (Å²) in [7, 11) is 2.84. The molecular weight excluding hydrogens is 488 g/mol. The predicted octanol–water partition coefficient (Wildman–Crippen LogP) is 3.23. The average Bonchev–Trinajstić information content (AvgIpc) is 3.07. The van der Waals surface area contributed by atoms with Gasteiger partial charge in [-0.05, 0) is 40.6 Å². The molecule has 8 heteroatoms. The van der Waals surface area contributed by atoms with Gasteiger partial charge >= 0.3 is 5.97 Å². The highest BCUT2D eigenvalue weighted by atomic mass is 16.5. The molecule has 38 heavy (non-hydrogen) atoms. The van der Waals surface area contributed by atoms with Gasteiger partial charge in [-0.25, -0.2) is 4.79 Å². The lowest BCUT2D eigenvalue weighted by Crippen LogP contribution is -2.55. The van der Waals surface area contributed by atoms with Crippen LogP contribution in [0.2, 0.25) is 0 Å². The van der Waals surface area contributed by atoms with Crippen molar-refractivity contribution >= 4 is 16.7 Å². The van der Waals surface area contributed by atoms with Crippen LogP contribution in [0.15, 0.2) is 60.7 Å². The van der Waals surface area contributed by atoms with E-state index in [0.717, 1.165) is 22.1 Å². The second kappa shape index (κ2) is 10.3. The van der Waals surface area contributed by atoms with Gasteiger partial charge in [0.05, 0.1) is 26.4 Å². The molecule has 0 amide bonds. The molecule has 1 heterocycles. The number of aliphatic hydroxyl groups is 4. The van der Waals surface area contributed by atoms with E-state index in [4.69, 9.17) is 14.2 Å². The van der Waals surface area contributed by atoms with Gasteiger partial charge in [0.15, 0.2) is 0 Å². The summed E-state index contributed by atoms with van der Waals surface area (Å²) in [6, 6.07) is 18.8. The minimum Gasteiger partial charge on any atom is -0.496 e. The molecule has 198 valence electrons. The number of benzene rings is 2. The Labute approximate surface area is 220 Å². The number of hydrogen-bond donors (Lipinski definition) is 4. The number of carbonyl (C=O) groups is 1. The minimum absolute atomic E-state index is 0.407. The summed E-state index contributed by atoms with van der Waals surface area (Å²) in [4.78, 5) is 13.2. The van der Waals surface area contributed by atoms with E-state index in [9.17, 15) is 25.2 Å². The summed E-state index contributed by atoms with van der Waals surface area (Å²) in [6.07, 6.45) is -6.78. The first kappa shape index (κ1) is 26.1. The third-order valence-electron chi connectivity index (χ3n) is 7.42. The van der Waals surface area contributed by atoms with Crippen LogP contribution in [-0.4, -0.2) is 71.6 Å². The number of carbonyl (C=O) groups excluding carboxylic acids is 1. The highest BCUT2D eigenvalue weighted by molar-refractivity contribution is 6.13. The number of aliphatic hydroxyl groups excluding tert-OH is 4. The van der Waals surface area contributed by atoms with Gasteiger partial charge in [-0.1, -0.05) is 54.6 Å². The molecule has 0 saturated carbocycles. The van der Waals surface area contributed by atoms with Crippen molar-refractivity contribution in [1.82, 2.24) is 0 Å². The highest BCUT2D eigenvalue weighted by Gasteiger charge is 2.45. The minimum atomic E-state index is -1.56. The SMILES string of the molecule is COC(=O)c1c2cccccc-2c(C)c1-c1cc([C@@H]2O[C@H](CO)[C@@H](O)[C@H](O)[C@H]2O)c(OC)c2ccccc12. The molecule has 0 spiro atoms. The van der Waals surface area contributed by atoms with Crippen LogP contribution < -0.4 is 4.74 Å². The Morgan fingerprint density at radius 2 is 1.53 bits per heavy atom. The van der Waals surface area contributed by atoms with Crippen LogP contribution in [0.3, 0.4) is 0 Å². The molecular formula is C30H30O8. The Bertz CT molecular complexity index is 1460. The lowest BCUT2D eigenvalue weighted by atomic mass is 9.86. The standard InChI is InChI=1S/C30H30O8/c1-15-16-9-5-4-6-11-18(16)24(30(35)37-3)23(15)20-13-21(28(36-2)19-12-8-7-10-17(19)20)29-27(34)26(33)25(32)22(14-31)38-29/h4-13,22,25-27,29,31-34H,14H2,1-3H3/t22-,25-,26+,27-,29+/m1/s1. The van der Waals surface area contributed by atoms with E-state index in [1.165, 1.54) is 14.2 Å². The number of fused-ring (bicyclic) bond motifs is 2. The van der Waals surface area contributed by atoms with E-state index in [2.05, 4.69) is 0 Å². The Balaban J connectivity index is 1.86. The van der Waals surface area contributed by atoms with Crippen molar-refractivity contribution in [1.29, 1.82) is 0 Å². The van der Waals surface area contributed by atoms with Crippen molar-refractivity contribution in [2.45, 2.75) is 37.4 Å². The second-order valence-corrected chi connectivity index (χ2v) is 9.45. The number of esters is 1. The molecule has 0 radical (unpaired) electrons. The summed E-state index contributed by atoms with van der Waals surface area (Å²) in [5.74, 6) is -0.0768. The van der Waals surface area contributed by atoms with Crippen molar-refractivity contribution in [3.8, 4) is 28.0 Å². The van der Waals surface area contributed by atoms with Gasteiger partial charge < -0.3 is 34.6 Å². The third-order valence-corrected chi connectivity index (χ3v) is 7.42. The van der Waals surface area contributed by atoms with Crippen molar-refractivity contribution in [3.63, 3.8) is 0 Å². The molecule has 4 N–H and O–H groups in total. The monoisotopic (exact) mass is 518 g/mol. The predicted molar refractivity (Wildman–Crippen MR) is 141 cm³/mol. The fraction of sp³-hybridized carbons (Fsp3) is 0.300. The molecule has 5 rings (SSSR count). The van der Waals surface area contributed by atoms with E-state index < -0.39 is 43.1 Å². The number of methoxy groups -OCH3 is 2. The Hall–Kier alpha value is -3.53. The molecule has 2 aliphatic carbocycles. The molecule has 5 atom stereocenters. The average molecular weight is 519 g/mol. The second-order valence-electron chi connectivity index (χ2n) is 9.45. The van der Waals surface area contributed by atoms with Gasteiger partial charge in [0.25, 0.3) is 0 Å². The highest BCUT2D eigenvalue weighted by Crippen LogP contribution is 2.49. The van der Waals surface area contributed by atoms with Gasteiger partial charge in [-0.2, -0.15) is 0 Å². The Morgan fingerprint density at radius 1 is 0.868 bits per heavy atom. The Morgan fingerprint density at radius 3 is 2.18 bits per heavy atom. The van der Waals surface area contributed by atoms with Crippen molar-refractivity contribution < 1.29 is 39.4 Å². The lowest BCUT2D eigenvalue weighted by Gasteiger charge is -2.40. The normalized spacial score (nSPS) is 23.5. The molecule has 2 aromatic carbocycles. The number of hydrogen-bond acceptors (Lipinski definition) is 8. The smallest absolute Gasteiger partial charge is 0.339 e. The number of rotatable bonds is 5. The van der Waals surface area contributed by atoms with Crippen LogP contribution in [0.25, 0.3) is 33.0 Å². The molecule has 0 unspecified atom stereocenters. The number of ether oxygens (including phenoxy) is 3. The van der Waals surface area contributed by atoms with Gasteiger partial charge in [0, 0.05) is 16.5 Å². The zero-order valence-corrected chi connectivity index (χ0v) is 21.3. The zero-order valence-electron chi connectivity index (χ0n) is 21.3. The molecule has 2 aromatic rings. The maximum Gasteiger partial charge on any atom is 0.339 e. The van der Waals surface area contributed by atoms with Crippen LogP contribution >= 0.6 is 0 Å². The van der Waals surface area contributed by atoms with Gasteiger partial charge in [0.2, 0.25) is 0 Å². The molecule has 1 aliphatic heterocycles. The molecule has 1 fully saturated rings. The van der Waals surface area contributed by atoms with Gasteiger partial charge in [-0.3, -0.25) is 0 Å². The Kier molecular flexibility index (Phi) is 7.09. The third kappa shape index (κ3) is 4.02. The summed E-state index contributed by atoms with van der Waals surface area (Å²) in [5.41, 5.74) is 4.67. The zero-order chi connectivity index (χ0) is 27.1. The summed E-state index contributed by atoms with van der Waals surface area (Å²) in [6.45, 7) is 1.39. The van der Waals surface area contributed by atoms with E-state index in [1.807, 2.05) is 61.5 Å². The topological polar surface area (TPSA) is 126 Å². The summed E-state index contributed by atoms with van der Waals surface area (Å²) in [5, 5.41) is 43.1. The van der Waals surface area contributed by atoms with Gasteiger partial charge in [0.1, 0.15) is 36.3 Å². The first-order valence-corrected chi connectivity index (χ1v) is 12.3. The molecule has 0 bridgehead atoms. The van der Waals surface area contributed by atoms with E-state index in [0.29, 0.717) is 33.4 Å². The first-order valence-electron chi connectivity index (χ1n) is 12.3. The largest absolute Gasteiger partial charge is 0.496 e. The maximum atomic E-state index is 13.2. The van der Waals surface area contributed by atoms with E-state index in [-0.39, 0.29) is 0 Å². The maximum absolute atomic E-state index is 13.2. The van der Waals surface area contributed by atoms with Gasteiger partial charge in [-0.15, -0.1) is 0 Å². The van der Waals surface area contributed by atoms with Crippen LogP contribution in [0.4, 0.5) is 0 Å². The molecule has 0 aromatic heterocycles. The van der Waals surface area contributed by atoms with Crippen molar-refractivity contribution in [3.05, 3.63) is 77.4 Å². The van der Waals surface area contributed by atoms with Crippen LogP contribution in [0, 0.1) is 6.92 Å². The lowest BCUT2D eigenvalue weighted by molar-refractivity contribution is -0.232. The van der Waals surface area contributed by atoms with Crippen molar-refractivity contribution in [2.75, 3.05) is 20.8 Å². The van der Waals surface area contributed by atoms with E-state index >= 15 is 0 Å². The quantitative estimate of drug-likeness (QED) is 0.297. The fourth-order valence-corrected chi connectivity index (χ4v) is 5.57. The summed E-state index contributed by atoms with van der Waals surface area (Å²) < 4.78 is 16.9. The van der Waals surface area contributed by atoms with Crippen LogP contribution in [-0.2, 0) is 9.47 Å². The first-order chi connectivity index (χ1) is 18.3.